The van der Waals surface area contributed by atoms with Gasteiger partial charge in [0.05, 0.1) is 16.8 Å². The van der Waals surface area contributed by atoms with Crippen LogP contribution in [0.25, 0.3) is 21.5 Å². The molecule has 1 aliphatic heterocycles. The highest BCUT2D eigenvalue weighted by molar-refractivity contribution is 7.19. The molecule has 0 unspecified atom stereocenters. The average molecular weight is 476 g/mol. The fourth-order valence-electron chi connectivity index (χ4n) is 4.21. The molecular weight excluding hydrogens is 450 g/mol. The lowest BCUT2D eigenvalue weighted by atomic mass is 10.1. The van der Waals surface area contributed by atoms with E-state index in [2.05, 4.69) is 27.1 Å². The van der Waals surface area contributed by atoms with E-state index in [1.807, 2.05) is 49.4 Å². The first-order chi connectivity index (χ1) is 16.5. The third-order valence-electron chi connectivity index (χ3n) is 5.99. The number of fused-ring (bicyclic) bond motifs is 1. The molecule has 0 radical (unpaired) electrons. The standard InChI is InChI=1S/C25H25N5O3S/c1-17-26-23-24(34-17)22(18-7-6-10-20(15-18)33-2)27-30(25(23)32)16-21(31)29-13-11-28(12-14-29)19-8-4-3-5-9-19/h3-10,15H,11-14,16H2,1-2H3. The molecule has 0 spiro atoms. The number of methoxy groups -OCH3 is 1. The SMILES string of the molecule is COc1cccc(-c2nn(CC(=O)N3CCN(c4ccccc4)CC3)c(=O)c3nc(C)sc23)c1. The number of carbonyl (C=O) groups is 1. The number of anilines is 1. The normalized spacial score (nSPS) is 13.9. The number of benzene rings is 2. The van der Waals surface area contributed by atoms with Gasteiger partial charge in [0.1, 0.15) is 18.0 Å². The van der Waals surface area contributed by atoms with E-state index in [9.17, 15) is 9.59 Å². The maximum atomic E-state index is 13.1. The van der Waals surface area contributed by atoms with Gasteiger partial charge < -0.3 is 14.5 Å². The molecular formula is C25H25N5O3S. The number of rotatable bonds is 5. The molecule has 0 N–H and O–H groups in total. The molecule has 1 saturated heterocycles. The Bertz CT molecular complexity index is 1390. The summed E-state index contributed by atoms with van der Waals surface area (Å²) in [5.41, 5.74) is 2.59. The van der Waals surface area contributed by atoms with Crippen molar-refractivity contribution in [2.75, 3.05) is 38.2 Å². The minimum absolute atomic E-state index is 0.117. The van der Waals surface area contributed by atoms with Crippen LogP contribution in [0.1, 0.15) is 5.01 Å². The molecule has 8 nitrogen and oxygen atoms in total. The van der Waals surface area contributed by atoms with E-state index in [4.69, 9.17) is 4.74 Å². The fraction of sp³-hybridized carbons (Fsp3) is 0.280. The van der Waals surface area contributed by atoms with E-state index in [0.717, 1.165) is 34.0 Å². The lowest BCUT2D eigenvalue weighted by Crippen LogP contribution is -2.50. The van der Waals surface area contributed by atoms with E-state index < -0.39 is 0 Å². The Labute approximate surface area is 201 Å². The van der Waals surface area contributed by atoms with Crippen LogP contribution >= 0.6 is 11.3 Å². The van der Waals surface area contributed by atoms with Crippen molar-refractivity contribution in [3.63, 3.8) is 0 Å². The number of para-hydroxylation sites is 1. The number of hydrogen-bond donors (Lipinski definition) is 0. The summed E-state index contributed by atoms with van der Waals surface area (Å²) in [6, 6.07) is 17.7. The minimum atomic E-state index is -0.345. The average Bonchev–Trinajstić information content (AvgIpc) is 3.28. The highest BCUT2D eigenvalue weighted by Gasteiger charge is 2.24. The molecule has 0 aliphatic carbocycles. The molecule has 1 fully saturated rings. The molecule has 5 rings (SSSR count). The third kappa shape index (κ3) is 4.26. The smallest absolute Gasteiger partial charge is 0.294 e. The van der Waals surface area contributed by atoms with Gasteiger partial charge in [0.25, 0.3) is 5.56 Å². The van der Waals surface area contributed by atoms with Crippen molar-refractivity contribution < 1.29 is 9.53 Å². The van der Waals surface area contributed by atoms with Crippen LogP contribution in [-0.4, -0.2) is 58.9 Å². The second kappa shape index (κ2) is 9.26. The third-order valence-corrected chi connectivity index (χ3v) is 6.97. The summed E-state index contributed by atoms with van der Waals surface area (Å²) in [4.78, 5) is 34.8. The van der Waals surface area contributed by atoms with Crippen molar-refractivity contribution in [2.24, 2.45) is 0 Å². The van der Waals surface area contributed by atoms with Crippen LogP contribution in [0.5, 0.6) is 5.75 Å². The minimum Gasteiger partial charge on any atom is -0.497 e. The summed E-state index contributed by atoms with van der Waals surface area (Å²) in [5, 5.41) is 5.39. The summed E-state index contributed by atoms with van der Waals surface area (Å²) in [5.74, 6) is 0.573. The first kappa shape index (κ1) is 22.1. The predicted octanol–water partition coefficient (Wildman–Crippen LogP) is 3.19. The van der Waals surface area contributed by atoms with Crippen LogP contribution in [0.2, 0.25) is 0 Å². The quantitative estimate of drug-likeness (QED) is 0.441. The lowest BCUT2D eigenvalue weighted by Gasteiger charge is -2.36. The van der Waals surface area contributed by atoms with Crippen LogP contribution < -0.4 is 15.2 Å². The Balaban J connectivity index is 1.41. The summed E-state index contributed by atoms with van der Waals surface area (Å²) >= 11 is 1.43. The molecule has 0 atom stereocenters. The van der Waals surface area contributed by atoms with Gasteiger partial charge in [-0.05, 0) is 31.2 Å². The van der Waals surface area contributed by atoms with Crippen molar-refractivity contribution in [3.05, 3.63) is 70.0 Å². The van der Waals surface area contributed by atoms with Crippen LogP contribution in [-0.2, 0) is 11.3 Å². The number of aryl methyl sites for hydroxylation is 1. The summed E-state index contributed by atoms with van der Waals surface area (Å²) < 4.78 is 7.33. The summed E-state index contributed by atoms with van der Waals surface area (Å²) in [7, 11) is 1.61. The van der Waals surface area contributed by atoms with Gasteiger partial charge in [-0.15, -0.1) is 11.3 Å². The number of ether oxygens (including phenoxy) is 1. The van der Waals surface area contributed by atoms with Crippen LogP contribution in [0.3, 0.4) is 0 Å². The molecule has 9 heteroatoms. The molecule has 1 amide bonds. The Kier molecular flexibility index (Phi) is 6.02. The maximum absolute atomic E-state index is 13.1. The number of amides is 1. The van der Waals surface area contributed by atoms with Gasteiger partial charge in [0, 0.05) is 37.4 Å². The Hall–Kier alpha value is -3.72. The highest BCUT2D eigenvalue weighted by atomic mass is 32.1. The second-order valence-electron chi connectivity index (χ2n) is 8.16. The zero-order valence-corrected chi connectivity index (χ0v) is 19.9. The van der Waals surface area contributed by atoms with E-state index in [1.54, 1.807) is 12.0 Å². The molecule has 0 bridgehead atoms. The number of nitrogens with zero attached hydrogens (tertiary/aromatic N) is 5. The van der Waals surface area contributed by atoms with Crippen LogP contribution in [0.4, 0.5) is 5.69 Å². The van der Waals surface area contributed by atoms with Crippen molar-refractivity contribution >= 4 is 33.1 Å². The van der Waals surface area contributed by atoms with Crippen molar-refractivity contribution in [2.45, 2.75) is 13.5 Å². The van der Waals surface area contributed by atoms with Gasteiger partial charge in [-0.1, -0.05) is 30.3 Å². The summed E-state index contributed by atoms with van der Waals surface area (Å²) in [6.45, 7) is 4.44. The number of piperazine rings is 1. The van der Waals surface area contributed by atoms with Crippen molar-refractivity contribution in [1.82, 2.24) is 19.7 Å². The first-order valence-electron chi connectivity index (χ1n) is 11.1. The highest BCUT2D eigenvalue weighted by Crippen LogP contribution is 2.31. The van der Waals surface area contributed by atoms with Crippen molar-refractivity contribution in [1.29, 1.82) is 0 Å². The molecule has 1 aliphatic rings. The number of carbonyl (C=O) groups excluding carboxylic acids is 1. The fourth-order valence-corrected chi connectivity index (χ4v) is 5.13. The molecule has 174 valence electrons. The molecule has 2 aromatic carbocycles. The lowest BCUT2D eigenvalue weighted by molar-refractivity contribution is -0.132. The van der Waals surface area contributed by atoms with Crippen LogP contribution in [0, 0.1) is 6.92 Å². The number of thiazole rings is 1. The van der Waals surface area contributed by atoms with Gasteiger partial charge in [-0.25, -0.2) is 9.67 Å². The molecule has 2 aromatic heterocycles. The van der Waals surface area contributed by atoms with Gasteiger partial charge in [-0.3, -0.25) is 9.59 Å². The Morgan fingerprint density at radius 1 is 1.06 bits per heavy atom. The number of hydrogen-bond acceptors (Lipinski definition) is 7. The van der Waals surface area contributed by atoms with Gasteiger partial charge in [0.15, 0.2) is 5.52 Å². The van der Waals surface area contributed by atoms with E-state index in [0.29, 0.717) is 30.0 Å². The predicted molar refractivity (Wildman–Crippen MR) is 134 cm³/mol. The first-order valence-corrected chi connectivity index (χ1v) is 12.0. The molecule has 3 heterocycles. The van der Waals surface area contributed by atoms with E-state index in [1.165, 1.54) is 16.0 Å². The maximum Gasteiger partial charge on any atom is 0.294 e. The van der Waals surface area contributed by atoms with E-state index >= 15 is 0 Å². The van der Waals surface area contributed by atoms with Crippen LogP contribution in [0.15, 0.2) is 59.4 Å². The number of aromatic nitrogens is 3. The zero-order chi connectivity index (χ0) is 23.7. The largest absolute Gasteiger partial charge is 0.497 e. The Morgan fingerprint density at radius 2 is 1.82 bits per heavy atom. The molecule has 0 saturated carbocycles. The van der Waals surface area contributed by atoms with E-state index in [-0.39, 0.29) is 18.0 Å². The molecule has 4 aromatic rings. The van der Waals surface area contributed by atoms with Crippen molar-refractivity contribution in [3.8, 4) is 17.0 Å². The second-order valence-corrected chi connectivity index (χ2v) is 9.36. The zero-order valence-electron chi connectivity index (χ0n) is 19.1. The monoisotopic (exact) mass is 475 g/mol. The molecule has 34 heavy (non-hydrogen) atoms. The van der Waals surface area contributed by atoms with Gasteiger partial charge in [0.2, 0.25) is 5.91 Å². The topological polar surface area (TPSA) is 80.6 Å². The van der Waals surface area contributed by atoms with Gasteiger partial charge >= 0.3 is 0 Å². The summed E-state index contributed by atoms with van der Waals surface area (Å²) in [6.07, 6.45) is 0. The van der Waals surface area contributed by atoms with Gasteiger partial charge in [-0.2, -0.15) is 5.10 Å². The Morgan fingerprint density at radius 3 is 2.56 bits per heavy atom.